The van der Waals surface area contributed by atoms with Crippen LogP contribution in [-0.2, 0) is 16.1 Å². The Morgan fingerprint density at radius 3 is 2.32 bits per heavy atom. The SMILES string of the molecule is CC(C)c1ccccc1OCC(=O)N(Cc1ccccc1)[C@@H](C)C(=O)NC1CCCC1. The van der Waals surface area contributed by atoms with Crippen LogP contribution in [0.2, 0.25) is 0 Å². The fraction of sp³-hybridized carbons (Fsp3) is 0.462. The van der Waals surface area contributed by atoms with E-state index in [4.69, 9.17) is 4.74 Å². The summed E-state index contributed by atoms with van der Waals surface area (Å²) in [5, 5.41) is 3.12. The Kier molecular flexibility index (Phi) is 8.10. The molecule has 0 bridgehead atoms. The van der Waals surface area contributed by atoms with Crippen LogP contribution >= 0.6 is 0 Å². The summed E-state index contributed by atoms with van der Waals surface area (Å²) >= 11 is 0. The molecule has 1 aliphatic rings. The summed E-state index contributed by atoms with van der Waals surface area (Å²) in [6, 6.07) is 17.2. The van der Waals surface area contributed by atoms with E-state index in [1.54, 1.807) is 11.8 Å². The van der Waals surface area contributed by atoms with Crippen molar-refractivity contribution < 1.29 is 14.3 Å². The first kappa shape index (κ1) is 22.9. The van der Waals surface area contributed by atoms with Gasteiger partial charge in [0.15, 0.2) is 6.61 Å². The molecule has 3 rings (SSSR count). The standard InChI is InChI=1S/C26H34N2O3/c1-19(2)23-15-9-10-16-24(23)31-18-25(29)28(17-21-11-5-4-6-12-21)20(3)26(30)27-22-13-7-8-14-22/h4-6,9-12,15-16,19-20,22H,7-8,13-14,17-18H2,1-3H3,(H,27,30)/t20-/m0/s1. The van der Waals surface area contributed by atoms with Crippen molar-refractivity contribution in [2.75, 3.05) is 6.61 Å². The van der Waals surface area contributed by atoms with E-state index in [-0.39, 0.29) is 24.5 Å². The zero-order chi connectivity index (χ0) is 22.2. The summed E-state index contributed by atoms with van der Waals surface area (Å²) in [4.78, 5) is 27.7. The second kappa shape index (κ2) is 11.0. The van der Waals surface area contributed by atoms with E-state index in [9.17, 15) is 9.59 Å². The average molecular weight is 423 g/mol. The number of carbonyl (C=O) groups is 2. The van der Waals surface area contributed by atoms with Gasteiger partial charge in [-0.05, 0) is 42.9 Å². The highest BCUT2D eigenvalue weighted by molar-refractivity contribution is 5.88. The van der Waals surface area contributed by atoms with Gasteiger partial charge >= 0.3 is 0 Å². The topological polar surface area (TPSA) is 58.6 Å². The smallest absolute Gasteiger partial charge is 0.261 e. The zero-order valence-electron chi connectivity index (χ0n) is 18.8. The van der Waals surface area contributed by atoms with Gasteiger partial charge in [-0.25, -0.2) is 0 Å². The maximum atomic E-state index is 13.2. The van der Waals surface area contributed by atoms with E-state index in [1.807, 2.05) is 54.6 Å². The van der Waals surface area contributed by atoms with Gasteiger partial charge in [-0.1, -0.05) is 75.2 Å². The molecule has 31 heavy (non-hydrogen) atoms. The Balaban J connectivity index is 1.72. The molecule has 0 radical (unpaired) electrons. The molecule has 1 saturated carbocycles. The molecule has 1 N–H and O–H groups in total. The van der Waals surface area contributed by atoms with Crippen LogP contribution in [0, 0.1) is 0 Å². The minimum atomic E-state index is -0.572. The molecule has 1 atom stereocenters. The maximum Gasteiger partial charge on any atom is 0.261 e. The quantitative estimate of drug-likeness (QED) is 0.639. The predicted molar refractivity (Wildman–Crippen MR) is 123 cm³/mol. The Bertz CT molecular complexity index is 860. The van der Waals surface area contributed by atoms with Crippen LogP contribution in [0.1, 0.15) is 63.5 Å². The second-order valence-corrected chi connectivity index (χ2v) is 8.65. The van der Waals surface area contributed by atoms with Crippen LogP contribution in [0.25, 0.3) is 0 Å². The van der Waals surface area contributed by atoms with Gasteiger partial charge in [0.05, 0.1) is 0 Å². The molecule has 1 aliphatic carbocycles. The number of nitrogens with zero attached hydrogens (tertiary/aromatic N) is 1. The third-order valence-corrected chi connectivity index (χ3v) is 5.96. The van der Waals surface area contributed by atoms with Gasteiger partial charge in [-0.15, -0.1) is 0 Å². The molecule has 0 heterocycles. The third-order valence-electron chi connectivity index (χ3n) is 5.96. The first-order valence-corrected chi connectivity index (χ1v) is 11.3. The van der Waals surface area contributed by atoms with Crippen molar-refractivity contribution in [2.45, 2.75) is 71.0 Å². The molecule has 2 aromatic carbocycles. The van der Waals surface area contributed by atoms with Crippen LogP contribution in [0.4, 0.5) is 0 Å². The highest BCUT2D eigenvalue weighted by Gasteiger charge is 2.28. The summed E-state index contributed by atoms with van der Waals surface area (Å²) in [7, 11) is 0. The number of ether oxygens (including phenoxy) is 1. The molecule has 2 amide bonds. The fourth-order valence-corrected chi connectivity index (χ4v) is 4.07. The van der Waals surface area contributed by atoms with E-state index in [2.05, 4.69) is 19.2 Å². The number of rotatable bonds is 9. The first-order valence-electron chi connectivity index (χ1n) is 11.3. The summed E-state index contributed by atoms with van der Waals surface area (Å²) < 4.78 is 5.92. The monoisotopic (exact) mass is 422 g/mol. The zero-order valence-corrected chi connectivity index (χ0v) is 18.8. The van der Waals surface area contributed by atoms with Crippen molar-refractivity contribution in [3.8, 4) is 5.75 Å². The minimum absolute atomic E-state index is 0.0984. The molecule has 0 unspecified atom stereocenters. The number of para-hydroxylation sites is 1. The molecule has 1 fully saturated rings. The van der Waals surface area contributed by atoms with Gasteiger partial charge in [0.2, 0.25) is 5.91 Å². The van der Waals surface area contributed by atoms with Gasteiger partial charge < -0.3 is 15.0 Å². The van der Waals surface area contributed by atoms with Crippen LogP contribution in [0.5, 0.6) is 5.75 Å². The summed E-state index contributed by atoms with van der Waals surface area (Å²) in [5.74, 6) is 0.714. The van der Waals surface area contributed by atoms with Gasteiger partial charge in [-0.3, -0.25) is 9.59 Å². The Labute approximate surface area is 185 Å². The van der Waals surface area contributed by atoms with Crippen molar-refractivity contribution in [2.24, 2.45) is 0 Å². The van der Waals surface area contributed by atoms with E-state index in [0.29, 0.717) is 18.2 Å². The number of nitrogens with one attached hydrogen (secondary N) is 1. The molecule has 5 heteroatoms. The normalized spacial score (nSPS) is 15.0. The molecule has 166 valence electrons. The van der Waals surface area contributed by atoms with Crippen LogP contribution in [0.15, 0.2) is 54.6 Å². The van der Waals surface area contributed by atoms with Crippen molar-refractivity contribution >= 4 is 11.8 Å². The molecule has 2 aromatic rings. The Morgan fingerprint density at radius 1 is 1.00 bits per heavy atom. The Hall–Kier alpha value is -2.82. The van der Waals surface area contributed by atoms with Crippen molar-refractivity contribution in [3.63, 3.8) is 0 Å². The lowest BCUT2D eigenvalue weighted by molar-refractivity contribution is -0.142. The number of benzene rings is 2. The van der Waals surface area contributed by atoms with Crippen molar-refractivity contribution in [1.29, 1.82) is 0 Å². The molecule has 0 saturated heterocycles. The molecule has 0 aliphatic heterocycles. The highest BCUT2D eigenvalue weighted by Crippen LogP contribution is 2.26. The number of hydrogen-bond donors (Lipinski definition) is 1. The summed E-state index contributed by atoms with van der Waals surface area (Å²) in [5.41, 5.74) is 2.05. The van der Waals surface area contributed by atoms with Crippen molar-refractivity contribution in [1.82, 2.24) is 10.2 Å². The fourth-order valence-electron chi connectivity index (χ4n) is 4.07. The van der Waals surface area contributed by atoms with Crippen LogP contribution in [0.3, 0.4) is 0 Å². The number of carbonyl (C=O) groups excluding carboxylic acids is 2. The molecule has 5 nitrogen and oxygen atoms in total. The van der Waals surface area contributed by atoms with E-state index < -0.39 is 6.04 Å². The first-order chi connectivity index (χ1) is 15.0. The average Bonchev–Trinajstić information content (AvgIpc) is 3.29. The lowest BCUT2D eigenvalue weighted by Crippen LogP contribution is -2.50. The minimum Gasteiger partial charge on any atom is -0.483 e. The molecular formula is C26H34N2O3. The second-order valence-electron chi connectivity index (χ2n) is 8.65. The number of amides is 2. The third kappa shape index (κ3) is 6.33. The predicted octanol–water partition coefficient (Wildman–Crippen LogP) is 4.66. The summed E-state index contributed by atoms with van der Waals surface area (Å²) in [6.45, 7) is 6.27. The highest BCUT2D eigenvalue weighted by atomic mass is 16.5. The lowest BCUT2D eigenvalue weighted by atomic mass is 10.0. The molecular weight excluding hydrogens is 388 g/mol. The molecule has 0 aromatic heterocycles. The van der Waals surface area contributed by atoms with Gasteiger partial charge in [0.25, 0.3) is 5.91 Å². The Morgan fingerprint density at radius 2 is 1.65 bits per heavy atom. The largest absolute Gasteiger partial charge is 0.483 e. The summed E-state index contributed by atoms with van der Waals surface area (Å²) in [6.07, 6.45) is 4.32. The van der Waals surface area contributed by atoms with E-state index in [0.717, 1.165) is 36.8 Å². The van der Waals surface area contributed by atoms with Crippen LogP contribution in [-0.4, -0.2) is 35.4 Å². The van der Waals surface area contributed by atoms with Gasteiger partial charge in [0.1, 0.15) is 11.8 Å². The van der Waals surface area contributed by atoms with E-state index >= 15 is 0 Å². The van der Waals surface area contributed by atoms with Crippen molar-refractivity contribution in [3.05, 3.63) is 65.7 Å². The molecule has 0 spiro atoms. The van der Waals surface area contributed by atoms with Gasteiger partial charge in [0, 0.05) is 12.6 Å². The van der Waals surface area contributed by atoms with Gasteiger partial charge in [-0.2, -0.15) is 0 Å². The lowest BCUT2D eigenvalue weighted by Gasteiger charge is -2.30. The maximum absolute atomic E-state index is 13.2. The van der Waals surface area contributed by atoms with E-state index in [1.165, 1.54) is 0 Å². The van der Waals surface area contributed by atoms with Crippen LogP contribution < -0.4 is 10.1 Å². The number of hydrogen-bond acceptors (Lipinski definition) is 3.